The van der Waals surface area contributed by atoms with Crippen molar-refractivity contribution in [3.63, 3.8) is 0 Å². The molecule has 0 unspecified atom stereocenters. The third-order valence-corrected chi connectivity index (χ3v) is 4.39. The Labute approximate surface area is 143 Å². The molecular formula is C17H38ClNO3. The van der Waals surface area contributed by atoms with E-state index < -0.39 is 0 Å². The second-order valence-corrected chi connectivity index (χ2v) is 6.38. The molecule has 0 heterocycles. The van der Waals surface area contributed by atoms with Crippen LogP contribution in [0, 0.1) is 0 Å². The molecular weight excluding hydrogens is 302 g/mol. The Kier molecular flexibility index (Phi) is 19.4. The first-order valence-corrected chi connectivity index (χ1v) is 8.92. The summed E-state index contributed by atoms with van der Waals surface area (Å²) in [6, 6.07) is 0. The fourth-order valence-electron chi connectivity index (χ4n) is 2.63. The molecule has 0 fully saturated rings. The molecule has 136 valence electrons. The number of quaternary nitrogens is 1. The second kappa shape index (κ2) is 17.5. The molecule has 0 amide bonds. The van der Waals surface area contributed by atoms with Crippen LogP contribution in [-0.4, -0.2) is 46.5 Å². The van der Waals surface area contributed by atoms with E-state index in [4.69, 9.17) is 0 Å². The summed E-state index contributed by atoms with van der Waals surface area (Å²) >= 11 is 0. The van der Waals surface area contributed by atoms with Crippen LogP contribution in [0.4, 0.5) is 0 Å². The lowest BCUT2D eigenvalue weighted by Crippen LogP contribution is -3.00. The van der Waals surface area contributed by atoms with Gasteiger partial charge in [0, 0.05) is 0 Å². The van der Waals surface area contributed by atoms with Crippen molar-refractivity contribution in [1.29, 1.82) is 0 Å². The first kappa shape index (κ1) is 24.4. The summed E-state index contributed by atoms with van der Waals surface area (Å²) < 4.78 is -0.00222. The molecule has 0 atom stereocenters. The van der Waals surface area contributed by atoms with Crippen LogP contribution in [0.1, 0.15) is 84.0 Å². The maximum Gasteiger partial charge on any atom is 0.183 e. The summed E-state index contributed by atoms with van der Waals surface area (Å²) in [5.74, 6) is 0. The van der Waals surface area contributed by atoms with E-state index in [0.29, 0.717) is 6.54 Å². The Morgan fingerprint density at radius 1 is 0.545 bits per heavy atom. The van der Waals surface area contributed by atoms with Gasteiger partial charge in [-0.15, -0.1) is 0 Å². The maximum absolute atomic E-state index is 9.21. The number of unbranched alkanes of at least 4 members (excludes halogenated alkanes) is 11. The number of nitrogens with zero attached hydrogens (tertiary/aromatic N) is 1. The largest absolute Gasteiger partial charge is 1.00 e. The molecule has 0 aliphatic carbocycles. The summed E-state index contributed by atoms with van der Waals surface area (Å²) in [4.78, 5) is 0. The van der Waals surface area contributed by atoms with Gasteiger partial charge in [-0.3, -0.25) is 4.48 Å². The number of aliphatic hydroxyl groups excluding tert-OH is 3. The van der Waals surface area contributed by atoms with Gasteiger partial charge in [0.25, 0.3) is 0 Å². The van der Waals surface area contributed by atoms with Gasteiger partial charge in [0.05, 0.1) is 6.54 Å². The van der Waals surface area contributed by atoms with Crippen LogP contribution in [0.15, 0.2) is 0 Å². The van der Waals surface area contributed by atoms with E-state index in [9.17, 15) is 15.3 Å². The predicted octanol–water partition coefficient (Wildman–Crippen LogP) is 0.358. The van der Waals surface area contributed by atoms with Gasteiger partial charge in [-0.05, 0) is 12.8 Å². The van der Waals surface area contributed by atoms with E-state index in [1.807, 2.05) is 0 Å². The first-order valence-electron chi connectivity index (χ1n) is 8.92. The molecule has 0 saturated carbocycles. The Morgan fingerprint density at radius 2 is 0.864 bits per heavy atom. The first-order chi connectivity index (χ1) is 10.2. The summed E-state index contributed by atoms with van der Waals surface area (Å²) in [5, 5.41) is 27.6. The van der Waals surface area contributed by atoms with Crippen molar-refractivity contribution in [3.8, 4) is 0 Å². The molecule has 22 heavy (non-hydrogen) atoms. The van der Waals surface area contributed by atoms with Gasteiger partial charge in [0.15, 0.2) is 20.2 Å². The highest BCUT2D eigenvalue weighted by Gasteiger charge is 2.23. The number of rotatable bonds is 16. The summed E-state index contributed by atoms with van der Waals surface area (Å²) in [7, 11) is 0. The molecule has 0 aromatic heterocycles. The predicted molar refractivity (Wildman–Crippen MR) is 87.5 cm³/mol. The quantitative estimate of drug-likeness (QED) is 0.216. The number of aliphatic hydroxyl groups is 3. The molecule has 0 bridgehead atoms. The van der Waals surface area contributed by atoms with Crippen LogP contribution < -0.4 is 12.4 Å². The van der Waals surface area contributed by atoms with Crippen LogP contribution in [0.5, 0.6) is 0 Å². The third kappa shape index (κ3) is 12.7. The topological polar surface area (TPSA) is 60.7 Å². The molecule has 0 aliphatic heterocycles. The fraction of sp³-hybridized carbons (Fsp3) is 1.00. The van der Waals surface area contributed by atoms with Crippen molar-refractivity contribution in [2.75, 3.05) is 26.7 Å². The SMILES string of the molecule is CCCCCCCCCCCCCC[N+](CO)(CO)CO.[Cl-]. The summed E-state index contributed by atoms with van der Waals surface area (Å²) in [5.41, 5.74) is 0. The minimum Gasteiger partial charge on any atom is -1.00 e. The standard InChI is InChI=1S/C17H38NO3.ClH/c1-2-3-4-5-6-7-8-9-10-11-12-13-14-18(15-19,16-20)17-21;/h19-21H,2-17H2,1H3;1H/q+1;/p-1. The van der Waals surface area contributed by atoms with Crippen molar-refractivity contribution in [1.82, 2.24) is 0 Å². The van der Waals surface area contributed by atoms with E-state index in [0.717, 1.165) is 12.8 Å². The molecule has 0 rings (SSSR count). The zero-order chi connectivity index (χ0) is 15.8. The van der Waals surface area contributed by atoms with E-state index >= 15 is 0 Å². The molecule has 0 saturated heterocycles. The minimum absolute atomic E-state index is 0. The van der Waals surface area contributed by atoms with Crippen LogP contribution in [-0.2, 0) is 0 Å². The van der Waals surface area contributed by atoms with Crippen molar-refractivity contribution in [2.45, 2.75) is 84.0 Å². The summed E-state index contributed by atoms with van der Waals surface area (Å²) in [6.45, 7) is 2.34. The van der Waals surface area contributed by atoms with Crippen LogP contribution in [0.3, 0.4) is 0 Å². The van der Waals surface area contributed by atoms with Crippen molar-refractivity contribution < 1.29 is 32.2 Å². The molecule has 0 radical (unpaired) electrons. The van der Waals surface area contributed by atoms with Gasteiger partial charge in [-0.1, -0.05) is 71.1 Å². The molecule has 0 spiro atoms. The number of hydrogen-bond acceptors (Lipinski definition) is 3. The molecule has 0 aromatic rings. The van der Waals surface area contributed by atoms with Gasteiger partial charge in [-0.25, -0.2) is 0 Å². The molecule has 4 nitrogen and oxygen atoms in total. The molecule has 3 N–H and O–H groups in total. The highest BCUT2D eigenvalue weighted by molar-refractivity contribution is 4.48. The van der Waals surface area contributed by atoms with E-state index in [1.54, 1.807) is 0 Å². The fourth-order valence-corrected chi connectivity index (χ4v) is 2.63. The van der Waals surface area contributed by atoms with E-state index in [-0.39, 0.29) is 37.1 Å². The Morgan fingerprint density at radius 3 is 1.18 bits per heavy atom. The highest BCUT2D eigenvalue weighted by atomic mass is 35.5. The van der Waals surface area contributed by atoms with E-state index in [2.05, 4.69) is 6.92 Å². The minimum atomic E-state index is -0.189. The number of hydrogen-bond donors (Lipinski definition) is 3. The van der Waals surface area contributed by atoms with Gasteiger partial charge in [-0.2, -0.15) is 0 Å². The van der Waals surface area contributed by atoms with Crippen LogP contribution in [0.25, 0.3) is 0 Å². The molecule has 0 aliphatic rings. The highest BCUT2D eigenvalue weighted by Crippen LogP contribution is 2.13. The Bertz CT molecular complexity index is 206. The van der Waals surface area contributed by atoms with Gasteiger partial charge < -0.3 is 27.7 Å². The maximum atomic E-state index is 9.21. The third-order valence-electron chi connectivity index (χ3n) is 4.39. The van der Waals surface area contributed by atoms with Crippen molar-refractivity contribution in [2.24, 2.45) is 0 Å². The summed E-state index contributed by atoms with van der Waals surface area (Å²) in [6.07, 6.45) is 15.5. The van der Waals surface area contributed by atoms with Crippen LogP contribution in [0.2, 0.25) is 0 Å². The lowest BCUT2D eigenvalue weighted by atomic mass is 10.1. The average Bonchev–Trinajstić information content (AvgIpc) is 2.53. The zero-order valence-electron chi connectivity index (χ0n) is 14.5. The smallest absolute Gasteiger partial charge is 0.183 e. The lowest BCUT2D eigenvalue weighted by Gasteiger charge is -2.31. The van der Waals surface area contributed by atoms with E-state index in [1.165, 1.54) is 64.2 Å². The Hall–Kier alpha value is 0.130. The van der Waals surface area contributed by atoms with Crippen molar-refractivity contribution >= 4 is 0 Å². The molecule has 0 aromatic carbocycles. The van der Waals surface area contributed by atoms with Crippen molar-refractivity contribution in [3.05, 3.63) is 0 Å². The van der Waals surface area contributed by atoms with Crippen LogP contribution >= 0.6 is 0 Å². The zero-order valence-corrected chi connectivity index (χ0v) is 15.2. The second-order valence-electron chi connectivity index (χ2n) is 6.38. The number of halogens is 1. The van der Waals surface area contributed by atoms with Gasteiger partial charge >= 0.3 is 0 Å². The monoisotopic (exact) mass is 339 g/mol. The lowest BCUT2D eigenvalue weighted by molar-refractivity contribution is -0.976. The van der Waals surface area contributed by atoms with Gasteiger partial charge in [0.1, 0.15) is 0 Å². The normalized spacial score (nSPS) is 11.5. The van der Waals surface area contributed by atoms with Gasteiger partial charge in [0.2, 0.25) is 0 Å². The Balaban J connectivity index is 0. The average molecular weight is 340 g/mol. The molecule has 5 heteroatoms.